The highest BCUT2D eigenvalue weighted by Crippen LogP contribution is 2.28. The summed E-state index contributed by atoms with van der Waals surface area (Å²) in [6.45, 7) is 2.02. The summed E-state index contributed by atoms with van der Waals surface area (Å²) in [6.07, 6.45) is 0. The molecule has 0 saturated heterocycles. The zero-order valence-electron chi connectivity index (χ0n) is 15.9. The molecule has 6 heteroatoms. The van der Waals surface area contributed by atoms with Crippen LogP contribution in [0.3, 0.4) is 0 Å². The lowest BCUT2D eigenvalue weighted by Crippen LogP contribution is -2.30. The maximum absolute atomic E-state index is 12.0. The molecule has 0 aliphatic carbocycles. The number of benzene rings is 3. The van der Waals surface area contributed by atoms with E-state index in [-0.39, 0.29) is 5.69 Å². The fourth-order valence-electron chi connectivity index (χ4n) is 2.97. The lowest BCUT2D eigenvalue weighted by molar-refractivity contribution is 0.0948. The number of nitrogen functional groups attached to an aromatic ring is 1. The topological polar surface area (TPSA) is 82.2 Å². The Morgan fingerprint density at radius 1 is 0.931 bits per heavy atom. The number of hydrazine groups is 1. The molecule has 0 saturated carbocycles. The zero-order chi connectivity index (χ0) is 20.2. The van der Waals surface area contributed by atoms with E-state index in [2.05, 4.69) is 10.5 Å². The summed E-state index contributed by atoms with van der Waals surface area (Å²) >= 11 is 0. The van der Waals surface area contributed by atoms with Gasteiger partial charge in [0.15, 0.2) is 5.69 Å². The van der Waals surface area contributed by atoms with Gasteiger partial charge in [0.2, 0.25) is 0 Å². The van der Waals surface area contributed by atoms with Crippen molar-refractivity contribution in [2.24, 2.45) is 5.84 Å². The van der Waals surface area contributed by atoms with Gasteiger partial charge in [-0.05, 0) is 61.5 Å². The van der Waals surface area contributed by atoms with E-state index >= 15 is 0 Å². The molecule has 0 atom stereocenters. The largest absolute Gasteiger partial charge is 0.457 e. The number of hydrogen-bond donors (Lipinski definition) is 2. The Bertz CT molecular complexity index is 1120. The average Bonchev–Trinajstić information content (AvgIpc) is 3.20. The first-order valence-corrected chi connectivity index (χ1v) is 9.15. The number of amides is 1. The fourth-order valence-corrected chi connectivity index (χ4v) is 2.97. The number of para-hydroxylation sites is 1. The van der Waals surface area contributed by atoms with Gasteiger partial charge in [-0.3, -0.25) is 10.2 Å². The molecule has 0 fully saturated rings. The number of hydrogen-bond acceptors (Lipinski definition) is 4. The molecule has 0 radical (unpaired) electrons. The minimum absolute atomic E-state index is 0.243. The second-order valence-corrected chi connectivity index (χ2v) is 6.58. The molecular formula is C23H20N4O2. The number of carbonyl (C=O) groups excluding carboxylic acids is 1. The second-order valence-electron chi connectivity index (χ2n) is 6.58. The SMILES string of the molecule is Cc1ccc(-n2nc(C(=O)NN)cc2-c2ccc(Oc3ccccc3)cc2)cc1. The normalized spacial score (nSPS) is 10.6. The fraction of sp³-hybridized carbons (Fsp3) is 0.0435. The predicted molar refractivity (Wildman–Crippen MR) is 112 cm³/mol. The Kier molecular flexibility index (Phi) is 5.09. The summed E-state index contributed by atoms with van der Waals surface area (Å²) in [5.41, 5.74) is 6.05. The Balaban J connectivity index is 1.70. The van der Waals surface area contributed by atoms with Crippen LogP contribution in [0.25, 0.3) is 16.9 Å². The first-order chi connectivity index (χ1) is 14.1. The molecule has 4 aromatic rings. The highest BCUT2D eigenvalue weighted by Gasteiger charge is 2.16. The quantitative estimate of drug-likeness (QED) is 0.306. The van der Waals surface area contributed by atoms with Gasteiger partial charge in [-0.25, -0.2) is 10.5 Å². The number of aromatic nitrogens is 2. The Labute approximate surface area is 168 Å². The van der Waals surface area contributed by atoms with Crippen LogP contribution in [0.1, 0.15) is 16.1 Å². The number of aryl methyl sites for hydroxylation is 1. The minimum Gasteiger partial charge on any atom is -0.457 e. The van der Waals surface area contributed by atoms with Gasteiger partial charge in [0.1, 0.15) is 11.5 Å². The predicted octanol–water partition coefficient (Wildman–Crippen LogP) is 4.24. The van der Waals surface area contributed by atoms with Crippen molar-refractivity contribution in [1.29, 1.82) is 0 Å². The van der Waals surface area contributed by atoms with E-state index in [0.29, 0.717) is 0 Å². The van der Waals surface area contributed by atoms with Gasteiger partial charge in [0.05, 0.1) is 11.4 Å². The molecule has 29 heavy (non-hydrogen) atoms. The Hall–Kier alpha value is -3.90. The van der Waals surface area contributed by atoms with Crippen LogP contribution >= 0.6 is 0 Å². The van der Waals surface area contributed by atoms with Crippen molar-refractivity contribution in [2.45, 2.75) is 6.92 Å². The third kappa shape index (κ3) is 4.02. The third-order valence-electron chi connectivity index (χ3n) is 4.48. The smallest absolute Gasteiger partial charge is 0.285 e. The van der Waals surface area contributed by atoms with E-state index < -0.39 is 5.91 Å². The zero-order valence-corrected chi connectivity index (χ0v) is 15.9. The molecule has 1 aromatic heterocycles. The van der Waals surface area contributed by atoms with Gasteiger partial charge in [0.25, 0.3) is 5.91 Å². The molecule has 3 N–H and O–H groups in total. The number of ether oxygens (including phenoxy) is 1. The lowest BCUT2D eigenvalue weighted by Gasteiger charge is -2.09. The van der Waals surface area contributed by atoms with Crippen LogP contribution in [-0.4, -0.2) is 15.7 Å². The third-order valence-corrected chi connectivity index (χ3v) is 4.48. The summed E-state index contributed by atoms with van der Waals surface area (Å²) in [7, 11) is 0. The highest BCUT2D eigenvalue weighted by atomic mass is 16.5. The van der Waals surface area contributed by atoms with Gasteiger partial charge >= 0.3 is 0 Å². The number of nitrogens with two attached hydrogens (primary N) is 1. The van der Waals surface area contributed by atoms with Crippen molar-refractivity contribution in [2.75, 3.05) is 0 Å². The lowest BCUT2D eigenvalue weighted by atomic mass is 10.1. The van der Waals surface area contributed by atoms with E-state index in [0.717, 1.165) is 34.0 Å². The summed E-state index contributed by atoms with van der Waals surface area (Å²) in [4.78, 5) is 12.0. The van der Waals surface area contributed by atoms with Crippen molar-refractivity contribution in [3.8, 4) is 28.4 Å². The molecule has 6 nitrogen and oxygen atoms in total. The maximum Gasteiger partial charge on any atom is 0.285 e. The van der Waals surface area contributed by atoms with Gasteiger partial charge in [-0.1, -0.05) is 35.9 Å². The molecule has 0 unspecified atom stereocenters. The van der Waals surface area contributed by atoms with E-state index in [1.54, 1.807) is 10.7 Å². The number of nitrogens with one attached hydrogen (secondary N) is 1. The van der Waals surface area contributed by atoms with Crippen LogP contribution in [0.2, 0.25) is 0 Å². The molecule has 0 bridgehead atoms. The van der Waals surface area contributed by atoms with Crippen molar-refractivity contribution in [3.63, 3.8) is 0 Å². The van der Waals surface area contributed by atoms with E-state index in [1.807, 2.05) is 85.8 Å². The molecule has 4 rings (SSSR count). The van der Waals surface area contributed by atoms with Crippen LogP contribution in [0.4, 0.5) is 0 Å². The van der Waals surface area contributed by atoms with Crippen LogP contribution in [-0.2, 0) is 0 Å². The van der Waals surface area contributed by atoms with Crippen molar-refractivity contribution in [1.82, 2.24) is 15.2 Å². The standard InChI is InChI=1S/C23H20N4O2/c1-16-7-11-18(12-8-16)27-22(15-21(26-27)23(28)25-24)17-9-13-20(14-10-17)29-19-5-3-2-4-6-19/h2-15H,24H2,1H3,(H,25,28). The monoisotopic (exact) mass is 384 g/mol. The van der Waals surface area contributed by atoms with Gasteiger partial charge < -0.3 is 4.74 Å². The molecule has 0 aliphatic heterocycles. The first-order valence-electron chi connectivity index (χ1n) is 9.15. The van der Waals surface area contributed by atoms with Crippen LogP contribution in [0, 0.1) is 6.92 Å². The second kappa shape index (κ2) is 8.00. The Morgan fingerprint density at radius 3 is 2.24 bits per heavy atom. The van der Waals surface area contributed by atoms with Gasteiger partial charge in [0, 0.05) is 5.56 Å². The molecule has 0 aliphatic rings. The molecule has 1 amide bonds. The van der Waals surface area contributed by atoms with Crippen LogP contribution in [0.5, 0.6) is 11.5 Å². The minimum atomic E-state index is -0.443. The summed E-state index contributed by atoms with van der Waals surface area (Å²) < 4.78 is 7.59. The van der Waals surface area contributed by atoms with Crippen molar-refractivity contribution < 1.29 is 9.53 Å². The maximum atomic E-state index is 12.0. The van der Waals surface area contributed by atoms with E-state index in [9.17, 15) is 4.79 Å². The van der Waals surface area contributed by atoms with Crippen LogP contribution in [0.15, 0.2) is 84.9 Å². The van der Waals surface area contributed by atoms with Gasteiger partial charge in [-0.15, -0.1) is 0 Å². The van der Waals surface area contributed by atoms with Crippen molar-refractivity contribution in [3.05, 3.63) is 96.2 Å². The average molecular weight is 384 g/mol. The summed E-state index contributed by atoms with van der Waals surface area (Å²) in [5, 5.41) is 4.44. The molecule has 0 spiro atoms. The molecule has 144 valence electrons. The first kappa shape index (κ1) is 18.5. The highest BCUT2D eigenvalue weighted by molar-refractivity contribution is 5.93. The number of nitrogens with zero attached hydrogens (tertiary/aromatic N) is 2. The number of carbonyl (C=O) groups is 1. The molecule has 1 heterocycles. The van der Waals surface area contributed by atoms with E-state index in [1.165, 1.54) is 0 Å². The van der Waals surface area contributed by atoms with Crippen LogP contribution < -0.4 is 16.0 Å². The van der Waals surface area contributed by atoms with Gasteiger partial charge in [-0.2, -0.15) is 5.10 Å². The van der Waals surface area contributed by atoms with E-state index in [4.69, 9.17) is 10.6 Å². The summed E-state index contributed by atoms with van der Waals surface area (Å²) in [5.74, 6) is 6.34. The number of rotatable bonds is 5. The summed E-state index contributed by atoms with van der Waals surface area (Å²) in [6, 6.07) is 26.9. The Morgan fingerprint density at radius 2 is 1.59 bits per heavy atom. The molecular weight excluding hydrogens is 364 g/mol. The molecule has 3 aromatic carbocycles. The van der Waals surface area contributed by atoms with Crippen molar-refractivity contribution >= 4 is 5.91 Å².